The summed E-state index contributed by atoms with van der Waals surface area (Å²) in [5.41, 5.74) is -0.569. The number of aromatic amines is 1. The molecule has 4 rings (SSSR count). The number of nitrogens with one attached hydrogen (secondary N) is 2. The number of aryl methyl sites for hydroxylation is 1. The van der Waals surface area contributed by atoms with Gasteiger partial charge in [-0.1, -0.05) is 17.7 Å². The predicted octanol–water partition coefficient (Wildman–Crippen LogP) is 4.32. The Hall–Kier alpha value is -3.09. The lowest BCUT2D eigenvalue weighted by atomic mass is 9.72. The van der Waals surface area contributed by atoms with Crippen LogP contribution >= 0.6 is 11.6 Å². The van der Waals surface area contributed by atoms with Gasteiger partial charge in [0.1, 0.15) is 22.4 Å². The van der Waals surface area contributed by atoms with E-state index >= 15 is 0 Å². The Kier molecular flexibility index (Phi) is 7.54. The van der Waals surface area contributed by atoms with Crippen molar-refractivity contribution < 1.29 is 27.1 Å². The summed E-state index contributed by atoms with van der Waals surface area (Å²) in [6, 6.07) is 7.64. The van der Waals surface area contributed by atoms with Crippen LogP contribution in [0.4, 0.5) is 20.4 Å². The lowest BCUT2D eigenvalue weighted by Gasteiger charge is -2.43. The molecule has 0 saturated carbocycles. The van der Waals surface area contributed by atoms with E-state index < -0.39 is 49.7 Å². The third-order valence-corrected chi connectivity index (χ3v) is 8.56. The number of H-pyrrole nitrogens is 1. The van der Waals surface area contributed by atoms with E-state index in [1.54, 1.807) is 17.9 Å². The van der Waals surface area contributed by atoms with Crippen molar-refractivity contribution in [3.05, 3.63) is 64.4 Å². The molecule has 3 heterocycles. The summed E-state index contributed by atoms with van der Waals surface area (Å²) in [6.07, 6.45) is -0.0814. The van der Waals surface area contributed by atoms with E-state index in [0.29, 0.717) is 11.6 Å². The summed E-state index contributed by atoms with van der Waals surface area (Å²) < 4.78 is 54.9. The first-order chi connectivity index (χ1) is 17.4. The molecule has 1 fully saturated rings. The zero-order valence-corrected chi connectivity index (χ0v) is 21.7. The molecule has 37 heavy (non-hydrogen) atoms. The molecule has 0 radical (unpaired) electrons. The first-order valence-corrected chi connectivity index (χ1v) is 13.5. The van der Waals surface area contributed by atoms with Crippen molar-refractivity contribution in [3.8, 4) is 0 Å². The Morgan fingerprint density at radius 1 is 1.30 bits per heavy atom. The molecule has 1 aromatic carbocycles. The first kappa shape index (κ1) is 27.0. The number of pyridine rings is 1. The highest BCUT2D eigenvalue weighted by Gasteiger charge is 2.46. The summed E-state index contributed by atoms with van der Waals surface area (Å²) in [7, 11) is -4.07. The van der Waals surface area contributed by atoms with Crippen molar-refractivity contribution in [3.63, 3.8) is 0 Å². The highest BCUT2D eigenvalue weighted by atomic mass is 35.5. The molecule has 13 heteroatoms. The highest BCUT2D eigenvalue weighted by molar-refractivity contribution is 7.91. The van der Waals surface area contributed by atoms with Gasteiger partial charge in [-0.2, -0.15) is 5.10 Å². The van der Waals surface area contributed by atoms with Crippen molar-refractivity contribution in [1.29, 1.82) is 0 Å². The summed E-state index contributed by atoms with van der Waals surface area (Å²) in [4.78, 5) is 17.8. The molecule has 1 aliphatic heterocycles. The lowest BCUT2D eigenvalue weighted by Crippen LogP contribution is -2.51. The van der Waals surface area contributed by atoms with Gasteiger partial charge in [-0.3, -0.25) is 14.8 Å². The van der Waals surface area contributed by atoms with Gasteiger partial charge in [0.15, 0.2) is 21.5 Å². The molecule has 1 unspecified atom stereocenters. The number of aromatic nitrogens is 3. The Bertz CT molecular complexity index is 1430. The molecular weight excluding hydrogens is 528 g/mol. The molecule has 0 amide bonds. The number of benzene rings is 1. The standard InChI is InChI=1S/C24H26ClF2N5O4S/c1-14-10-21(31-30-14)29-20-7-6-17(26)18(28-20)12-24(23(33)34)8-9-32(15(2)11-24)13-37(35,36)19-5-3-4-16(25)22(19)27/h3-7,10,15H,8-9,11-13H2,1-2H3,(H,33,34)(H2,28,29,30,31)/t15-,24?/m1/s1. The van der Waals surface area contributed by atoms with E-state index in [1.165, 1.54) is 24.3 Å². The fourth-order valence-corrected chi connectivity index (χ4v) is 6.48. The molecule has 0 aliphatic carbocycles. The van der Waals surface area contributed by atoms with Crippen LogP contribution in [0.2, 0.25) is 5.02 Å². The average molecular weight is 554 g/mol. The number of hydrogen-bond acceptors (Lipinski definition) is 7. The molecule has 1 aliphatic rings. The quantitative estimate of drug-likeness (QED) is 0.376. The van der Waals surface area contributed by atoms with Crippen molar-refractivity contribution >= 4 is 39.0 Å². The minimum atomic E-state index is -4.07. The van der Waals surface area contributed by atoms with Gasteiger partial charge in [-0.15, -0.1) is 0 Å². The van der Waals surface area contributed by atoms with Gasteiger partial charge in [-0.05, 0) is 51.0 Å². The van der Waals surface area contributed by atoms with Gasteiger partial charge in [0.25, 0.3) is 0 Å². The minimum absolute atomic E-state index is 0.0195. The van der Waals surface area contributed by atoms with Crippen molar-refractivity contribution in [2.45, 2.75) is 44.0 Å². The van der Waals surface area contributed by atoms with E-state index in [2.05, 4.69) is 20.5 Å². The zero-order chi connectivity index (χ0) is 27.0. The molecule has 3 aromatic rings. The number of anilines is 2. The number of nitrogens with zero attached hydrogens (tertiary/aromatic N) is 3. The first-order valence-electron chi connectivity index (χ1n) is 11.5. The molecule has 3 N–H and O–H groups in total. The monoisotopic (exact) mass is 553 g/mol. The number of carbonyl (C=O) groups is 1. The van der Waals surface area contributed by atoms with Crippen LogP contribution in [0, 0.1) is 24.0 Å². The largest absolute Gasteiger partial charge is 0.481 e. The number of halogens is 3. The van der Waals surface area contributed by atoms with Gasteiger partial charge >= 0.3 is 5.97 Å². The van der Waals surface area contributed by atoms with Crippen LogP contribution in [0.3, 0.4) is 0 Å². The number of piperidine rings is 1. The summed E-state index contributed by atoms with van der Waals surface area (Å²) in [5.74, 6) is -2.49. The summed E-state index contributed by atoms with van der Waals surface area (Å²) >= 11 is 5.75. The van der Waals surface area contributed by atoms with Crippen LogP contribution in [0.1, 0.15) is 31.2 Å². The third-order valence-electron chi connectivity index (χ3n) is 6.61. The fraction of sp³-hybridized carbons (Fsp3) is 0.375. The number of carboxylic acid groups (broad SMARTS) is 1. The number of aliphatic carboxylic acids is 1. The van der Waals surface area contributed by atoms with Crippen LogP contribution in [0.15, 0.2) is 41.3 Å². The molecule has 9 nitrogen and oxygen atoms in total. The number of rotatable bonds is 8. The van der Waals surface area contributed by atoms with E-state index in [-0.39, 0.29) is 36.5 Å². The maximum absolute atomic E-state index is 14.7. The van der Waals surface area contributed by atoms with Crippen LogP contribution in [0.25, 0.3) is 0 Å². The molecule has 0 spiro atoms. The Morgan fingerprint density at radius 3 is 2.70 bits per heavy atom. The second-order valence-electron chi connectivity index (χ2n) is 9.36. The zero-order valence-electron chi connectivity index (χ0n) is 20.1. The van der Waals surface area contributed by atoms with Crippen LogP contribution in [-0.2, 0) is 21.1 Å². The van der Waals surface area contributed by atoms with Crippen molar-refractivity contribution in [2.24, 2.45) is 5.41 Å². The predicted molar refractivity (Wildman–Crippen MR) is 133 cm³/mol. The van der Waals surface area contributed by atoms with Gasteiger partial charge in [0, 0.05) is 30.8 Å². The lowest BCUT2D eigenvalue weighted by molar-refractivity contribution is -0.153. The Labute approximate surface area is 217 Å². The Morgan fingerprint density at radius 2 is 2.05 bits per heavy atom. The van der Waals surface area contributed by atoms with E-state index in [9.17, 15) is 27.1 Å². The number of hydrogen-bond donors (Lipinski definition) is 3. The topological polar surface area (TPSA) is 128 Å². The van der Waals surface area contributed by atoms with E-state index in [1.807, 2.05) is 6.92 Å². The van der Waals surface area contributed by atoms with Crippen molar-refractivity contribution in [2.75, 3.05) is 17.7 Å². The summed E-state index contributed by atoms with van der Waals surface area (Å²) in [6.45, 7) is 3.62. The number of carboxylic acids is 1. The summed E-state index contributed by atoms with van der Waals surface area (Å²) in [5, 5.41) is 19.6. The average Bonchev–Trinajstić information content (AvgIpc) is 3.24. The third kappa shape index (κ3) is 5.76. The van der Waals surface area contributed by atoms with E-state index in [0.717, 1.165) is 11.8 Å². The number of likely N-dealkylation sites (tertiary alicyclic amines) is 1. The smallest absolute Gasteiger partial charge is 0.310 e. The maximum Gasteiger partial charge on any atom is 0.310 e. The normalized spacial score (nSPS) is 20.6. The van der Waals surface area contributed by atoms with Crippen LogP contribution < -0.4 is 5.32 Å². The minimum Gasteiger partial charge on any atom is -0.481 e. The van der Waals surface area contributed by atoms with Gasteiger partial charge in [0.05, 0.1) is 16.1 Å². The van der Waals surface area contributed by atoms with Gasteiger partial charge < -0.3 is 10.4 Å². The number of sulfone groups is 1. The molecule has 0 bridgehead atoms. The molecule has 1 saturated heterocycles. The molecule has 2 aromatic heterocycles. The molecular formula is C24H26ClF2N5O4S. The van der Waals surface area contributed by atoms with Crippen molar-refractivity contribution in [1.82, 2.24) is 20.1 Å². The highest BCUT2D eigenvalue weighted by Crippen LogP contribution is 2.39. The second-order valence-corrected chi connectivity index (χ2v) is 11.7. The second kappa shape index (κ2) is 10.3. The Balaban J connectivity index is 1.52. The maximum atomic E-state index is 14.7. The van der Waals surface area contributed by atoms with Crippen LogP contribution in [0.5, 0.6) is 0 Å². The molecule has 198 valence electrons. The van der Waals surface area contributed by atoms with Gasteiger partial charge in [0.2, 0.25) is 0 Å². The SMILES string of the molecule is Cc1cc(Nc2ccc(F)c(CC3(C(=O)O)CCN(CS(=O)(=O)c4cccc(Cl)c4F)[C@H](C)C3)n2)n[nH]1. The van der Waals surface area contributed by atoms with Crippen LogP contribution in [-0.4, -0.2) is 58.0 Å². The van der Waals surface area contributed by atoms with E-state index in [4.69, 9.17) is 11.6 Å². The van der Waals surface area contributed by atoms with Gasteiger partial charge in [-0.25, -0.2) is 22.2 Å². The fourth-order valence-electron chi connectivity index (χ4n) is 4.62. The molecule has 2 atom stereocenters.